The first-order valence-corrected chi connectivity index (χ1v) is 23.2. The second kappa shape index (κ2) is 20.8. The SMILES string of the molecule is COc1ccc(C(=O)C(OC(c2ccccc2)(c2ccc(OC)cc2)c2ccc(OC)cc2)[C@H]2O[C@@H](n3ccc(=O)[nH]c3=O)[C@H](OC3CCCCO3)[C@@H]2OP(=O)(O)Oc2ccccc2Cl)cc1. The number of hydrogen-bond donors (Lipinski definition) is 2. The molecule has 1 aromatic heterocycles. The van der Waals surface area contributed by atoms with E-state index >= 15 is 4.79 Å². The molecule has 6 aromatic rings. The van der Waals surface area contributed by atoms with E-state index in [0.717, 1.165) is 17.1 Å². The van der Waals surface area contributed by atoms with E-state index in [-0.39, 0.29) is 16.3 Å². The van der Waals surface area contributed by atoms with Crippen molar-refractivity contribution in [2.24, 2.45) is 0 Å². The van der Waals surface area contributed by atoms with Gasteiger partial charge in [0.2, 0.25) is 0 Å². The Hall–Kier alpha value is -6.07. The molecule has 2 aliphatic rings. The Morgan fingerprint density at radius 2 is 1.36 bits per heavy atom. The van der Waals surface area contributed by atoms with Crippen molar-refractivity contribution >= 4 is 25.2 Å². The average molecular weight is 955 g/mol. The summed E-state index contributed by atoms with van der Waals surface area (Å²) in [7, 11) is -0.729. The van der Waals surface area contributed by atoms with E-state index in [0.29, 0.717) is 53.4 Å². The summed E-state index contributed by atoms with van der Waals surface area (Å²) >= 11 is 6.40. The molecule has 8 rings (SSSR count). The van der Waals surface area contributed by atoms with Gasteiger partial charge in [-0.2, -0.15) is 0 Å². The molecule has 67 heavy (non-hydrogen) atoms. The fourth-order valence-corrected chi connectivity index (χ4v) is 9.47. The number of para-hydroxylation sites is 1. The third kappa shape index (κ3) is 10.4. The van der Waals surface area contributed by atoms with Crippen LogP contribution in [0.25, 0.3) is 0 Å². The number of carbonyl (C=O) groups is 1. The van der Waals surface area contributed by atoms with Gasteiger partial charge < -0.3 is 37.7 Å². The zero-order chi connectivity index (χ0) is 47.1. The number of benzene rings is 5. The Morgan fingerprint density at radius 1 is 0.776 bits per heavy atom. The number of aromatic amines is 1. The summed E-state index contributed by atoms with van der Waals surface area (Å²) in [5, 5.41) is 0.00296. The first-order valence-electron chi connectivity index (χ1n) is 21.3. The molecule has 16 nitrogen and oxygen atoms in total. The largest absolute Gasteiger partial charge is 0.527 e. The Balaban J connectivity index is 1.38. The Bertz CT molecular complexity index is 2740. The number of Topliss-reactive ketones (excluding diaryl/α,β-unsaturated/α-hetero) is 1. The molecule has 3 unspecified atom stereocenters. The summed E-state index contributed by atoms with van der Waals surface area (Å²) in [5.41, 5.74) is -1.58. The third-order valence-corrected chi connectivity index (χ3v) is 12.8. The number of hydrogen-bond acceptors (Lipinski definition) is 13. The fraction of sp³-hybridized carbons (Fsp3) is 0.286. The molecule has 0 aliphatic carbocycles. The number of methoxy groups -OCH3 is 3. The Labute approximate surface area is 390 Å². The Morgan fingerprint density at radius 3 is 1.93 bits per heavy atom. The van der Waals surface area contributed by atoms with Gasteiger partial charge in [0.15, 0.2) is 24.4 Å². The van der Waals surface area contributed by atoms with E-state index in [1.807, 2.05) is 30.3 Å². The van der Waals surface area contributed by atoms with Crippen LogP contribution in [-0.2, 0) is 33.6 Å². The van der Waals surface area contributed by atoms with Crippen molar-refractivity contribution in [3.8, 4) is 23.0 Å². The zero-order valence-corrected chi connectivity index (χ0v) is 38.2. The number of halogens is 1. The molecule has 2 saturated heterocycles. The van der Waals surface area contributed by atoms with E-state index in [1.165, 1.54) is 39.7 Å². The van der Waals surface area contributed by atoms with Crippen LogP contribution in [0.5, 0.6) is 23.0 Å². The number of phosphoric acid groups is 1. The van der Waals surface area contributed by atoms with Crippen LogP contribution in [0.15, 0.2) is 149 Å². The standard InChI is InChI=1S/C49H48ClN2O14P/c1-58-35-22-16-31(17-23-35)42(54)43(64-49(32-11-5-4-6-12-32,33-18-24-36(59-2)25-19-33)34-20-26-37(60-3)27-21-34)44-45(66-67(56,57)65-39-14-8-7-13-38(39)50)46(62-41-15-9-10-30-61-41)47(63-44)52-29-28-40(53)51-48(52)55/h4-8,11-14,16-29,41,43-47H,9-10,15,30H2,1-3H3,(H,56,57)(H,51,53,55)/t41?,43?,44-,45-,46-,47-/m1/s1. The van der Waals surface area contributed by atoms with Crippen molar-refractivity contribution in [3.05, 3.63) is 188 Å². The van der Waals surface area contributed by atoms with Gasteiger partial charge in [0.25, 0.3) is 5.56 Å². The van der Waals surface area contributed by atoms with Crippen LogP contribution in [0, 0.1) is 0 Å². The number of nitrogens with zero attached hydrogens (tertiary/aromatic N) is 1. The fourth-order valence-electron chi connectivity index (χ4n) is 8.25. The van der Waals surface area contributed by atoms with Crippen LogP contribution < -0.4 is 30.0 Å². The quantitative estimate of drug-likeness (QED) is 0.0481. The highest BCUT2D eigenvalue weighted by Gasteiger charge is 2.58. The number of H-pyrrole nitrogens is 1. The minimum absolute atomic E-state index is 0.00296. The molecule has 0 amide bonds. The molecule has 0 spiro atoms. The lowest BCUT2D eigenvalue weighted by atomic mass is 9.79. The molecule has 7 atom stereocenters. The van der Waals surface area contributed by atoms with E-state index in [2.05, 4.69) is 4.98 Å². The van der Waals surface area contributed by atoms with Crippen LogP contribution >= 0.6 is 19.4 Å². The number of phosphoric ester groups is 1. The lowest BCUT2D eigenvalue weighted by molar-refractivity contribution is -0.214. The van der Waals surface area contributed by atoms with Crippen molar-refractivity contribution in [1.29, 1.82) is 0 Å². The summed E-state index contributed by atoms with van der Waals surface area (Å²) in [5.74, 6) is 0.672. The van der Waals surface area contributed by atoms with Crippen molar-refractivity contribution in [2.75, 3.05) is 27.9 Å². The van der Waals surface area contributed by atoms with E-state index in [1.54, 1.807) is 84.9 Å². The second-order valence-corrected chi connectivity index (χ2v) is 17.3. The zero-order valence-electron chi connectivity index (χ0n) is 36.6. The number of aromatic nitrogens is 2. The average Bonchev–Trinajstić information content (AvgIpc) is 3.68. The van der Waals surface area contributed by atoms with Gasteiger partial charge in [-0.25, -0.2) is 9.36 Å². The Kier molecular flexibility index (Phi) is 14.8. The summed E-state index contributed by atoms with van der Waals surface area (Å²) in [6, 6.07) is 36.7. The maximum atomic E-state index is 15.7. The minimum Gasteiger partial charge on any atom is -0.497 e. The molecule has 2 fully saturated rings. The highest BCUT2D eigenvalue weighted by molar-refractivity contribution is 7.47. The van der Waals surface area contributed by atoms with Gasteiger partial charge in [-0.15, -0.1) is 0 Å². The highest BCUT2D eigenvalue weighted by Crippen LogP contribution is 2.52. The number of ether oxygens (including phenoxy) is 7. The molecule has 0 saturated carbocycles. The smallest absolute Gasteiger partial charge is 0.497 e. The third-order valence-electron chi connectivity index (χ3n) is 11.5. The van der Waals surface area contributed by atoms with Crippen molar-refractivity contribution in [1.82, 2.24) is 9.55 Å². The number of carbonyl (C=O) groups excluding carboxylic acids is 1. The molecule has 18 heteroatoms. The van der Waals surface area contributed by atoms with Gasteiger partial charge in [0.05, 0.1) is 26.4 Å². The molecule has 2 N–H and O–H groups in total. The van der Waals surface area contributed by atoms with Crippen molar-refractivity contribution in [2.45, 2.75) is 61.8 Å². The maximum Gasteiger partial charge on any atom is 0.527 e. The van der Waals surface area contributed by atoms with Crippen molar-refractivity contribution in [3.63, 3.8) is 0 Å². The first-order chi connectivity index (χ1) is 32.4. The summed E-state index contributed by atoms with van der Waals surface area (Å²) in [6.07, 6.45) is -6.26. The maximum absolute atomic E-state index is 15.7. The van der Waals surface area contributed by atoms with Crippen LogP contribution in [-0.4, -0.2) is 78.9 Å². The summed E-state index contributed by atoms with van der Waals surface area (Å²) < 4.78 is 70.8. The van der Waals surface area contributed by atoms with E-state index in [9.17, 15) is 19.0 Å². The lowest BCUT2D eigenvalue weighted by Crippen LogP contribution is -2.51. The van der Waals surface area contributed by atoms with Crippen LogP contribution in [0.4, 0.5) is 0 Å². The first kappa shape index (κ1) is 47.4. The summed E-state index contributed by atoms with van der Waals surface area (Å²) in [4.78, 5) is 55.9. The lowest BCUT2D eigenvalue weighted by Gasteiger charge is -2.41. The van der Waals surface area contributed by atoms with Crippen LogP contribution in [0.1, 0.15) is 52.5 Å². The molecule has 0 radical (unpaired) electrons. The monoisotopic (exact) mass is 954 g/mol. The molecule has 3 heterocycles. The molecule has 5 aromatic carbocycles. The van der Waals surface area contributed by atoms with Gasteiger partial charge >= 0.3 is 13.5 Å². The molecular weight excluding hydrogens is 907 g/mol. The van der Waals surface area contributed by atoms with Gasteiger partial charge in [0, 0.05) is 24.4 Å². The van der Waals surface area contributed by atoms with Crippen LogP contribution in [0.2, 0.25) is 5.02 Å². The normalized spacial score (nSPS) is 20.9. The van der Waals surface area contributed by atoms with Gasteiger partial charge in [0.1, 0.15) is 46.9 Å². The van der Waals surface area contributed by atoms with Gasteiger partial charge in [-0.1, -0.05) is 78.3 Å². The van der Waals surface area contributed by atoms with Crippen molar-refractivity contribution < 1.29 is 56.5 Å². The topological polar surface area (TPSA) is 192 Å². The predicted octanol–water partition coefficient (Wildman–Crippen LogP) is 7.85. The number of ketones is 1. The minimum atomic E-state index is -5.29. The van der Waals surface area contributed by atoms with E-state index < -0.39 is 67.4 Å². The number of nitrogens with one attached hydrogen (secondary N) is 1. The summed E-state index contributed by atoms with van der Waals surface area (Å²) in [6.45, 7) is 0.329. The molecule has 350 valence electrons. The van der Waals surface area contributed by atoms with Crippen LogP contribution in [0.3, 0.4) is 0 Å². The van der Waals surface area contributed by atoms with Gasteiger partial charge in [-0.05, 0) is 96.6 Å². The predicted molar refractivity (Wildman–Crippen MR) is 245 cm³/mol. The molecular formula is C49H48ClN2O14P. The molecule has 2 aliphatic heterocycles. The van der Waals surface area contributed by atoms with Gasteiger partial charge in [-0.3, -0.25) is 28.6 Å². The number of rotatable bonds is 18. The van der Waals surface area contributed by atoms with E-state index in [4.69, 9.17) is 53.8 Å². The molecule has 0 bridgehead atoms. The second-order valence-electron chi connectivity index (χ2n) is 15.6. The highest BCUT2D eigenvalue weighted by atomic mass is 35.5.